The zero-order chi connectivity index (χ0) is 16.5. The van der Waals surface area contributed by atoms with E-state index in [-0.39, 0.29) is 5.43 Å². The van der Waals surface area contributed by atoms with Crippen LogP contribution in [0.4, 0.5) is 0 Å². The molecule has 0 saturated heterocycles. The maximum atomic E-state index is 12.6. The molecule has 0 atom stereocenters. The number of hydrogen-bond acceptors (Lipinski definition) is 1. The molecule has 1 heterocycles. The van der Waals surface area contributed by atoms with Crippen molar-refractivity contribution in [3.05, 3.63) is 100 Å². The Balaban J connectivity index is 2.13. The lowest BCUT2D eigenvalue weighted by Crippen LogP contribution is -2.10. The van der Waals surface area contributed by atoms with Gasteiger partial charge in [0.25, 0.3) is 0 Å². The predicted molar refractivity (Wildman–Crippen MR) is 100.0 cm³/mol. The van der Waals surface area contributed by atoms with Crippen LogP contribution in [0.25, 0.3) is 27.8 Å². The number of para-hydroxylation sites is 1. The molecule has 0 radical (unpaired) electrons. The molecule has 3 heteroatoms. The Bertz CT molecular complexity index is 1070. The van der Waals surface area contributed by atoms with Gasteiger partial charge in [0.05, 0.1) is 11.2 Å². The SMILES string of the molecule is O=c1cc(-c2ccccc2)n(-c2ccc(Cl)cc2)c2ccccc12. The van der Waals surface area contributed by atoms with Crippen LogP contribution in [0, 0.1) is 0 Å². The Hall–Kier alpha value is -2.84. The first-order chi connectivity index (χ1) is 11.7. The molecule has 0 N–H and O–H groups in total. The van der Waals surface area contributed by atoms with E-state index in [1.54, 1.807) is 6.07 Å². The largest absolute Gasteiger partial charge is 0.309 e. The van der Waals surface area contributed by atoms with E-state index in [0.29, 0.717) is 10.4 Å². The van der Waals surface area contributed by atoms with Gasteiger partial charge < -0.3 is 4.57 Å². The molecular weight excluding hydrogens is 318 g/mol. The van der Waals surface area contributed by atoms with Gasteiger partial charge in [0.1, 0.15) is 0 Å². The molecular formula is C21H14ClNO. The number of halogens is 1. The molecule has 4 aromatic rings. The number of pyridine rings is 1. The minimum absolute atomic E-state index is 0.0228. The van der Waals surface area contributed by atoms with Gasteiger partial charge in [-0.25, -0.2) is 0 Å². The number of fused-ring (bicyclic) bond motifs is 1. The minimum Gasteiger partial charge on any atom is -0.309 e. The molecule has 0 spiro atoms. The highest BCUT2D eigenvalue weighted by Crippen LogP contribution is 2.27. The van der Waals surface area contributed by atoms with Crippen molar-refractivity contribution >= 4 is 22.5 Å². The lowest BCUT2D eigenvalue weighted by Gasteiger charge is -2.17. The molecule has 2 nitrogen and oxygen atoms in total. The Morgan fingerprint density at radius 2 is 1.42 bits per heavy atom. The van der Waals surface area contributed by atoms with Crippen LogP contribution >= 0.6 is 11.6 Å². The van der Waals surface area contributed by atoms with Crippen molar-refractivity contribution in [2.24, 2.45) is 0 Å². The Morgan fingerprint density at radius 3 is 2.17 bits per heavy atom. The summed E-state index contributed by atoms with van der Waals surface area (Å²) in [5, 5.41) is 1.39. The zero-order valence-corrected chi connectivity index (χ0v) is 13.6. The number of hydrogen-bond donors (Lipinski definition) is 0. The van der Waals surface area contributed by atoms with Gasteiger partial charge in [-0.3, -0.25) is 4.79 Å². The van der Waals surface area contributed by atoms with E-state index in [1.165, 1.54) is 0 Å². The van der Waals surface area contributed by atoms with Crippen molar-refractivity contribution < 1.29 is 0 Å². The van der Waals surface area contributed by atoms with Crippen LogP contribution in [0.15, 0.2) is 89.7 Å². The Morgan fingerprint density at radius 1 is 0.750 bits per heavy atom. The van der Waals surface area contributed by atoms with Crippen LogP contribution in [-0.4, -0.2) is 4.57 Å². The molecule has 0 unspecified atom stereocenters. The van der Waals surface area contributed by atoms with Gasteiger partial charge in [0.15, 0.2) is 5.43 Å². The summed E-state index contributed by atoms with van der Waals surface area (Å²) in [5.41, 5.74) is 3.73. The predicted octanol–water partition coefficient (Wildman–Crippen LogP) is 5.31. The number of benzene rings is 3. The van der Waals surface area contributed by atoms with Crippen LogP contribution in [0.1, 0.15) is 0 Å². The van der Waals surface area contributed by atoms with E-state index in [2.05, 4.69) is 4.57 Å². The average Bonchev–Trinajstić information content (AvgIpc) is 2.63. The number of nitrogens with zero attached hydrogens (tertiary/aromatic N) is 1. The van der Waals surface area contributed by atoms with Gasteiger partial charge in [-0.15, -0.1) is 0 Å². The summed E-state index contributed by atoms with van der Waals surface area (Å²) in [5.74, 6) is 0. The molecule has 3 aromatic carbocycles. The highest BCUT2D eigenvalue weighted by molar-refractivity contribution is 6.30. The fraction of sp³-hybridized carbons (Fsp3) is 0. The lowest BCUT2D eigenvalue weighted by molar-refractivity contribution is 1.11. The standard InChI is InChI=1S/C21H14ClNO/c22-16-10-12-17(13-11-16)23-19-9-5-4-8-18(19)21(24)14-20(23)15-6-2-1-3-7-15/h1-14H. The highest BCUT2D eigenvalue weighted by Gasteiger charge is 2.12. The second-order valence-electron chi connectivity index (χ2n) is 5.59. The molecule has 0 amide bonds. The average molecular weight is 332 g/mol. The van der Waals surface area contributed by atoms with Gasteiger partial charge in [-0.2, -0.15) is 0 Å². The third kappa shape index (κ3) is 2.51. The fourth-order valence-corrected chi connectivity index (χ4v) is 3.09. The third-order valence-electron chi connectivity index (χ3n) is 4.07. The van der Waals surface area contributed by atoms with Crippen molar-refractivity contribution in [2.45, 2.75) is 0 Å². The minimum atomic E-state index is 0.0228. The van der Waals surface area contributed by atoms with Crippen LogP contribution < -0.4 is 5.43 Å². The molecule has 24 heavy (non-hydrogen) atoms. The second kappa shape index (κ2) is 5.99. The molecule has 4 rings (SSSR count). The summed E-state index contributed by atoms with van der Waals surface area (Å²) >= 11 is 6.04. The molecule has 0 aliphatic rings. The van der Waals surface area contributed by atoms with Gasteiger partial charge in [0.2, 0.25) is 0 Å². The first-order valence-corrected chi connectivity index (χ1v) is 8.08. The van der Waals surface area contributed by atoms with Crippen molar-refractivity contribution in [1.29, 1.82) is 0 Å². The topological polar surface area (TPSA) is 22.0 Å². The summed E-state index contributed by atoms with van der Waals surface area (Å²) in [6.07, 6.45) is 0. The molecule has 0 aliphatic carbocycles. The summed E-state index contributed by atoms with van der Waals surface area (Å²) in [7, 11) is 0. The third-order valence-corrected chi connectivity index (χ3v) is 4.33. The summed E-state index contributed by atoms with van der Waals surface area (Å²) in [4.78, 5) is 12.6. The number of rotatable bonds is 2. The normalized spacial score (nSPS) is 10.9. The van der Waals surface area contributed by atoms with Gasteiger partial charge in [0, 0.05) is 22.2 Å². The highest BCUT2D eigenvalue weighted by atomic mass is 35.5. The maximum Gasteiger partial charge on any atom is 0.190 e. The Labute approximate surface area is 144 Å². The monoisotopic (exact) mass is 331 g/mol. The summed E-state index contributed by atoms with van der Waals surface area (Å²) in [6, 6.07) is 26.9. The first kappa shape index (κ1) is 14.7. The fourth-order valence-electron chi connectivity index (χ4n) is 2.96. The first-order valence-electron chi connectivity index (χ1n) is 7.70. The molecule has 1 aromatic heterocycles. The molecule has 0 fully saturated rings. The summed E-state index contributed by atoms with van der Waals surface area (Å²) < 4.78 is 2.10. The van der Waals surface area contributed by atoms with Gasteiger partial charge >= 0.3 is 0 Å². The van der Waals surface area contributed by atoms with Crippen molar-refractivity contribution in [3.63, 3.8) is 0 Å². The Kier molecular flexibility index (Phi) is 3.68. The molecule has 0 saturated carbocycles. The van der Waals surface area contributed by atoms with E-state index in [9.17, 15) is 4.79 Å². The van der Waals surface area contributed by atoms with Crippen molar-refractivity contribution in [2.75, 3.05) is 0 Å². The zero-order valence-electron chi connectivity index (χ0n) is 12.8. The van der Waals surface area contributed by atoms with E-state index in [1.807, 2.05) is 78.9 Å². The molecule has 0 bridgehead atoms. The number of aromatic nitrogens is 1. The van der Waals surface area contributed by atoms with Crippen LogP contribution in [0.5, 0.6) is 0 Å². The summed E-state index contributed by atoms with van der Waals surface area (Å²) in [6.45, 7) is 0. The van der Waals surface area contributed by atoms with Gasteiger partial charge in [-0.1, -0.05) is 54.1 Å². The van der Waals surface area contributed by atoms with Gasteiger partial charge in [-0.05, 0) is 42.0 Å². The molecule has 0 aliphatic heterocycles. The molecule has 116 valence electrons. The second-order valence-corrected chi connectivity index (χ2v) is 6.03. The van der Waals surface area contributed by atoms with Crippen molar-refractivity contribution in [1.82, 2.24) is 4.57 Å². The maximum absolute atomic E-state index is 12.6. The van der Waals surface area contributed by atoms with Crippen LogP contribution in [0.3, 0.4) is 0 Å². The van der Waals surface area contributed by atoms with E-state index >= 15 is 0 Å². The van der Waals surface area contributed by atoms with Crippen LogP contribution in [-0.2, 0) is 0 Å². The lowest BCUT2D eigenvalue weighted by atomic mass is 10.1. The van der Waals surface area contributed by atoms with E-state index in [0.717, 1.165) is 22.5 Å². The van der Waals surface area contributed by atoms with E-state index in [4.69, 9.17) is 11.6 Å². The quantitative estimate of drug-likeness (QED) is 0.488. The smallest absolute Gasteiger partial charge is 0.190 e. The van der Waals surface area contributed by atoms with Crippen LogP contribution in [0.2, 0.25) is 5.02 Å². The van der Waals surface area contributed by atoms with Crippen molar-refractivity contribution in [3.8, 4) is 16.9 Å². The van der Waals surface area contributed by atoms with E-state index < -0.39 is 0 Å².